The van der Waals surface area contributed by atoms with Gasteiger partial charge < -0.3 is 15.0 Å². The van der Waals surface area contributed by atoms with Crippen molar-refractivity contribution in [1.82, 2.24) is 10.2 Å². The summed E-state index contributed by atoms with van der Waals surface area (Å²) in [6.07, 6.45) is 3.75. The number of likely N-dealkylation sites (tertiary alicyclic amines) is 1. The van der Waals surface area contributed by atoms with Crippen LogP contribution < -0.4 is 5.32 Å². The number of nitrogens with zero attached hydrogens (tertiary/aromatic N) is 1. The lowest BCUT2D eigenvalue weighted by molar-refractivity contribution is 0.106. The normalized spacial score (nSPS) is 19.1. The lowest BCUT2D eigenvalue weighted by Gasteiger charge is -2.31. The molecule has 0 amide bonds. The fraction of sp³-hybridized carbons (Fsp3) is 1.00. The highest BCUT2D eigenvalue weighted by Gasteiger charge is 2.16. The van der Waals surface area contributed by atoms with Crippen molar-refractivity contribution in [3.05, 3.63) is 0 Å². The van der Waals surface area contributed by atoms with Crippen LogP contribution in [0.1, 0.15) is 40.0 Å². The lowest BCUT2D eigenvalue weighted by Crippen LogP contribution is -2.42. The zero-order valence-corrected chi connectivity index (χ0v) is 11.9. The minimum absolute atomic E-state index is 0.654. The van der Waals surface area contributed by atoms with E-state index < -0.39 is 0 Å². The van der Waals surface area contributed by atoms with E-state index in [0.717, 1.165) is 32.2 Å². The highest BCUT2D eigenvalue weighted by molar-refractivity contribution is 4.76. The summed E-state index contributed by atoms with van der Waals surface area (Å²) in [6.45, 7) is 13.3. The summed E-state index contributed by atoms with van der Waals surface area (Å²) < 4.78 is 5.57. The quantitative estimate of drug-likeness (QED) is 0.660. The Morgan fingerprint density at radius 3 is 2.59 bits per heavy atom. The predicted octanol–water partition coefficient (Wildman–Crippen LogP) is 2.12. The van der Waals surface area contributed by atoms with Crippen LogP contribution in [0.5, 0.6) is 0 Å². The Balaban J connectivity index is 1.90. The first kappa shape index (κ1) is 14.9. The highest BCUT2D eigenvalue weighted by Crippen LogP contribution is 2.09. The maximum atomic E-state index is 5.57. The van der Waals surface area contributed by atoms with E-state index >= 15 is 0 Å². The van der Waals surface area contributed by atoms with Crippen molar-refractivity contribution in [2.75, 3.05) is 39.4 Å². The van der Waals surface area contributed by atoms with Crippen LogP contribution in [0.3, 0.4) is 0 Å². The molecule has 0 aliphatic carbocycles. The molecule has 0 aromatic carbocycles. The molecule has 3 heteroatoms. The Morgan fingerprint density at radius 1 is 1.29 bits per heavy atom. The van der Waals surface area contributed by atoms with Gasteiger partial charge in [-0.05, 0) is 51.4 Å². The highest BCUT2D eigenvalue weighted by atomic mass is 16.5. The van der Waals surface area contributed by atoms with Crippen LogP contribution in [0.2, 0.25) is 0 Å². The molecule has 1 saturated heterocycles. The summed E-state index contributed by atoms with van der Waals surface area (Å²) in [5.74, 6) is 0.654. The van der Waals surface area contributed by atoms with E-state index in [0.29, 0.717) is 5.92 Å². The number of nitrogens with one attached hydrogen (secondary N) is 1. The van der Waals surface area contributed by atoms with Gasteiger partial charge in [-0.3, -0.25) is 0 Å². The molecule has 0 radical (unpaired) electrons. The first-order valence-corrected chi connectivity index (χ1v) is 7.25. The fourth-order valence-electron chi connectivity index (χ4n) is 2.25. The zero-order chi connectivity index (χ0) is 12.5. The van der Waals surface area contributed by atoms with Crippen molar-refractivity contribution in [2.45, 2.75) is 46.1 Å². The van der Waals surface area contributed by atoms with Gasteiger partial charge in [-0.1, -0.05) is 20.8 Å². The van der Waals surface area contributed by atoms with Crippen LogP contribution in [0.25, 0.3) is 0 Å². The van der Waals surface area contributed by atoms with Gasteiger partial charge >= 0.3 is 0 Å². The van der Waals surface area contributed by atoms with Crippen molar-refractivity contribution < 1.29 is 4.74 Å². The standard InChI is InChI=1S/C14H30N2O/c1-4-16-9-6-14(7-10-16)15-8-5-11-17-12-13(2)3/h13-15H,4-12H2,1-3H3. The maximum Gasteiger partial charge on any atom is 0.0489 e. The number of rotatable bonds is 8. The molecule has 0 spiro atoms. The van der Waals surface area contributed by atoms with Crippen LogP contribution in [-0.4, -0.2) is 50.3 Å². The average Bonchev–Trinajstić information content (AvgIpc) is 2.34. The van der Waals surface area contributed by atoms with E-state index in [2.05, 4.69) is 31.0 Å². The second-order valence-electron chi connectivity index (χ2n) is 5.48. The minimum atomic E-state index is 0.654. The Hall–Kier alpha value is -0.120. The van der Waals surface area contributed by atoms with E-state index in [1.807, 2.05) is 0 Å². The first-order valence-electron chi connectivity index (χ1n) is 7.25. The van der Waals surface area contributed by atoms with Crippen LogP contribution in [0.15, 0.2) is 0 Å². The average molecular weight is 242 g/mol. The summed E-state index contributed by atoms with van der Waals surface area (Å²) in [7, 11) is 0. The summed E-state index contributed by atoms with van der Waals surface area (Å²) >= 11 is 0. The molecular formula is C14H30N2O. The molecule has 1 N–H and O–H groups in total. The molecule has 3 nitrogen and oxygen atoms in total. The molecule has 0 unspecified atom stereocenters. The Labute approximate surface area is 107 Å². The van der Waals surface area contributed by atoms with Gasteiger partial charge in [0.15, 0.2) is 0 Å². The number of ether oxygens (including phenoxy) is 1. The number of hydrogen-bond acceptors (Lipinski definition) is 3. The Kier molecular flexibility index (Phi) is 7.82. The topological polar surface area (TPSA) is 24.5 Å². The zero-order valence-electron chi connectivity index (χ0n) is 11.9. The predicted molar refractivity (Wildman–Crippen MR) is 73.4 cm³/mol. The van der Waals surface area contributed by atoms with Crippen molar-refractivity contribution in [3.8, 4) is 0 Å². The van der Waals surface area contributed by atoms with Gasteiger partial charge in [0, 0.05) is 19.3 Å². The van der Waals surface area contributed by atoms with Gasteiger partial charge in [0.1, 0.15) is 0 Å². The van der Waals surface area contributed by atoms with Crippen LogP contribution in [0, 0.1) is 5.92 Å². The summed E-state index contributed by atoms with van der Waals surface area (Å²) in [4.78, 5) is 2.53. The summed E-state index contributed by atoms with van der Waals surface area (Å²) in [5, 5.41) is 3.65. The van der Waals surface area contributed by atoms with E-state index in [9.17, 15) is 0 Å². The molecule has 1 heterocycles. The van der Waals surface area contributed by atoms with Gasteiger partial charge in [-0.25, -0.2) is 0 Å². The maximum absolute atomic E-state index is 5.57. The molecule has 0 saturated carbocycles. The van der Waals surface area contributed by atoms with Crippen molar-refractivity contribution in [2.24, 2.45) is 5.92 Å². The molecule has 0 atom stereocenters. The molecular weight excluding hydrogens is 212 g/mol. The molecule has 0 bridgehead atoms. The van der Waals surface area contributed by atoms with Gasteiger partial charge in [-0.15, -0.1) is 0 Å². The van der Waals surface area contributed by atoms with Gasteiger partial charge in [-0.2, -0.15) is 0 Å². The number of hydrogen-bond donors (Lipinski definition) is 1. The van der Waals surface area contributed by atoms with Crippen LogP contribution >= 0.6 is 0 Å². The molecule has 0 aromatic rings. The monoisotopic (exact) mass is 242 g/mol. The first-order chi connectivity index (χ1) is 8.22. The van der Waals surface area contributed by atoms with E-state index in [1.165, 1.54) is 32.5 Å². The largest absolute Gasteiger partial charge is 0.381 e. The van der Waals surface area contributed by atoms with Crippen LogP contribution in [0.4, 0.5) is 0 Å². The van der Waals surface area contributed by atoms with Crippen molar-refractivity contribution in [1.29, 1.82) is 0 Å². The Bertz CT molecular complexity index is 177. The molecule has 17 heavy (non-hydrogen) atoms. The summed E-state index contributed by atoms with van der Waals surface area (Å²) in [5.41, 5.74) is 0. The molecule has 102 valence electrons. The third-order valence-corrected chi connectivity index (χ3v) is 3.38. The molecule has 1 fully saturated rings. The third-order valence-electron chi connectivity index (χ3n) is 3.38. The second-order valence-corrected chi connectivity index (χ2v) is 5.48. The second kappa shape index (κ2) is 8.90. The van der Waals surface area contributed by atoms with Crippen LogP contribution in [-0.2, 0) is 4.74 Å². The van der Waals surface area contributed by atoms with Gasteiger partial charge in [0.25, 0.3) is 0 Å². The fourth-order valence-corrected chi connectivity index (χ4v) is 2.25. The number of piperidine rings is 1. The van der Waals surface area contributed by atoms with Gasteiger partial charge in [0.05, 0.1) is 0 Å². The smallest absolute Gasteiger partial charge is 0.0489 e. The Morgan fingerprint density at radius 2 is 2.00 bits per heavy atom. The minimum Gasteiger partial charge on any atom is -0.381 e. The molecule has 0 aromatic heterocycles. The van der Waals surface area contributed by atoms with Crippen molar-refractivity contribution >= 4 is 0 Å². The lowest BCUT2D eigenvalue weighted by atomic mass is 10.1. The van der Waals surface area contributed by atoms with E-state index in [1.54, 1.807) is 0 Å². The van der Waals surface area contributed by atoms with E-state index in [-0.39, 0.29) is 0 Å². The van der Waals surface area contributed by atoms with E-state index in [4.69, 9.17) is 4.74 Å². The molecule has 1 rings (SSSR count). The SMILES string of the molecule is CCN1CCC(NCCCOCC(C)C)CC1. The summed E-state index contributed by atoms with van der Waals surface area (Å²) in [6, 6.07) is 0.739. The van der Waals surface area contributed by atoms with Crippen molar-refractivity contribution in [3.63, 3.8) is 0 Å². The molecule has 1 aliphatic heterocycles. The molecule has 1 aliphatic rings. The van der Waals surface area contributed by atoms with Gasteiger partial charge in [0.2, 0.25) is 0 Å². The third kappa shape index (κ3) is 7.02.